The molecule has 0 saturated carbocycles. The number of carbonyl (C=O) groups excluding carboxylic acids is 1. The Morgan fingerprint density at radius 2 is 2.00 bits per heavy atom. The van der Waals surface area contributed by atoms with Crippen molar-refractivity contribution in [2.24, 2.45) is 5.10 Å². The van der Waals surface area contributed by atoms with Gasteiger partial charge in [-0.15, -0.1) is 0 Å². The Morgan fingerprint density at radius 3 is 2.50 bits per heavy atom. The molecule has 0 saturated heterocycles. The number of ether oxygens (including phenoxy) is 1. The highest BCUT2D eigenvalue weighted by atomic mass is 16.6. The van der Waals surface area contributed by atoms with Crippen molar-refractivity contribution < 1.29 is 24.4 Å². The van der Waals surface area contributed by atoms with Crippen molar-refractivity contribution in [3.05, 3.63) is 34.4 Å². The Bertz CT molecular complexity index is 552. The summed E-state index contributed by atoms with van der Waals surface area (Å²) >= 11 is 0. The highest BCUT2D eigenvalue weighted by Gasteiger charge is 2.07. The maximum atomic E-state index is 11.3. The van der Waals surface area contributed by atoms with Crippen LogP contribution >= 0.6 is 0 Å². The number of carbonyl (C=O) groups is 2. The van der Waals surface area contributed by atoms with E-state index in [0.717, 1.165) is 0 Å². The second-order valence-electron chi connectivity index (χ2n) is 3.58. The smallest absolute Gasteiger partial charge is 0.351 e. The van der Waals surface area contributed by atoms with Gasteiger partial charge in [0.05, 0.1) is 4.92 Å². The molecule has 0 aliphatic carbocycles. The van der Waals surface area contributed by atoms with Crippen LogP contribution < -0.4 is 10.2 Å². The number of rotatable bonds is 6. The van der Waals surface area contributed by atoms with Crippen LogP contribution in [0.5, 0.6) is 5.75 Å². The first kappa shape index (κ1) is 15.1. The van der Waals surface area contributed by atoms with Crippen LogP contribution in [0, 0.1) is 10.1 Å². The lowest BCUT2D eigenvalue weighted by Gasteiger charge is -2.04. The molecule has 0 spiro atoms. The lowest BCUT2D eigenvalue weighted by atomic mass is 10.3. The molecular formula is C11H11N3O6. The van der Waals surface area contributed by atoms with Gasteiger partial charge in [0.2, 0.25) is 0 Å². The van der Waals surface area contributed by atoms with Gasteiger partial charge in [0.25, 0.3) is 11.6 Å². The molecule has 20 heavy (non-hydrogen) atoms. The fourth-order valence-corrected chi connectivity index (χ4v) is 1.04. The number of benzene rings is 1. The number of nitrogens with one attached hydrogen (secondary N) is 1. The van der Waals surface area contributed by atoms with E-state index >= 15 is 0 Å². The van der Waals surface area contributed by atoms with Crippen LogP contribution in [0.1, 0.15) is 6.92 Å². The monoisotopic (exact) mass is 281 g/mol. The van der Waals surface area contributed by atoms with E-state index in [2.05, 4.69) is 5.10 Å². The number of hydrogen-bond donors (Lipinski definition) is 2. The minimum absolute atomic E-state index is 0.0940. The van der Waals surface area contributed by atoms with Gasteiger partial charge in [-0.25, -0.2) is 10.2 Å². The minimum atomic E-state index is -1.25. The molecule has 0 aliphatic rings. The van der Waals surface area contributed by atoms with Crippen LogP contribution in [-0.2, 0) is 9.59 Å². The van der Waals surface area contributed by atoms with Crippen LogP contribution in [0.4, 0.5) is 5.69 Å². The molecule has 1 rings (SSSR count). The van der Waals surface area contributed by atoms with Gasteiger partial charge in [-0.05, 0) is 19.1 Å². The third kappa shape index (κ3) is 4.72. The lowest BCUT2D eigenvalue weighted by Crippen LogP contribution is -2.26. The number of carboxylic acid groups (broad SMARTS) is 1. The molecule has 9 heteroatoms. The van der Waals surface area contributed by atoms with Crippen molar-refractivity contribution in [2.45, 2.75) is 6.92 Å². The second-order valence-corrected chi connectivity index (χ2v) is 3.58. The fraction of sp³-hybridized carbons (Fsp3) is 0.182. The summed E-state index contributed by atoms with van der Waals surface area (Å²) < 4.78 is 5.04. The van der Waals surface area contributed by atoms with Gasteiger partial charge in [-0.1, -0.05) is 0 Å². The zero-order valence-corrected chi connectivity index (χ0v) is 10.4. The molecule has 2 N–H and O–H groups in total. The molecular weight excluding hydrogens is 270 g/mol. The first-order chi connectivity index (χ1) is 9.40. The third-order valence-electron chi connectivity index (χ3n) is 2.08. The fourth-order valence-electron chi connectivity index (χ4n) is 1.04. The molecule has 1 aromatic rings. The van der Waals surface area contributed by atoms with E-state index in [9.17, 15) is 19.7 Å². The summed E-state index contributed by atoms with van der Waals surface area (Å²) in [6.45, 7) is 0.827. The number of nitro groups is 1. The molecule has 0 atom stereocenters. The largest absolute Gasteiger partial charge is 0.484 e. The van der Waals surface area contributed by atoms with Crippen LogP contribution in [0.3, 0.4) is 0 Å². The van der Waals surface area contributed by atoms with Crippen LogP contribution in [0.15, 0.2) is 29.4 Å². The zero-order chi connectivity index (χ0) is 15.1. The van der Waals surface area contributed by atoms with Crippen molar-refractivity contribution in [3.63, 3.8) is 0 Å². The van der Waals surface area contributed by atoms with E-state index in [0.29, 0.717) is 0 Å². The Labute approximate surface area is 113 Å². The van der Waals surface area contributed by atoms with Gasteiger partial charge in [0.1, 0.15) is 11.5 Å². The number of amides is 1. The first-order valence-electron chi connectivity index (χ1n) is 5.34. The van der Waals surface area contributed by atoms with E-state index in [-0.39, 0.29) is 17.1 Å². The highest BCUT2D eigenvalue weighted by Crippen LogP contribution is 2.16. The van der Waals surface area contributed by atoms with Gasteiger partial charge in [-0.2, -0.15) is 5.10 Å². The Hall–Kier alpha value is -2.97. The molecule has 0 heterocycles. The van der Waals surface area contributed by atoms with Gasteiger partial charge in [-0.3, -0.25) is 14.9 Å². The lowest BCUT2D eigenvalue weighted by molar-refractivity contribution is -0.384. The molecule has 1 aromatic carbocycles. The Morgan fingerprint density at radius 1 is 1.40 bits per heavy atom. The normalized spacial score (nSPS) is 10.8. The Balaban J connectivity index is 2.47. The van der Waals surface area contributed by atoms with Crippen molar-refractivity contribution in [2.75, 3.05) is 6.61 Å². The van der Waals surface area contributed by atoms with Gasteiger partial charge in [0.15, 0.2) is 6.61 Å². The predicted octanol–water partition coefficient (Wildman–Crippen LogP) is 0.550. The van der Waals surface area contributed by atoms with E-state index in [1.165, 1.54) is 31.2 Å². The van der Waals surface area contributed by atoms with E-state index in [4.69, 9.17) is 9.84 Å². The maximum Gasteiger partial charge on any atom is 0.351 e. The summed E-state index contributed by atoms with van der Waals surface area (Å²) in [6, 6.07) is 5.16. The molecule has 0 aromatic heterocycles. The molecule has 0 unspecified atom stereocenters. The standard InChI is InChI=1S/C11H11N3O6/c1-7(11(16)17)12-13-10(15)6-20-9-4-2-8(3-5-9)14(18)19/h2-5H,6H2,1H3,(H,13,15)(H,16,17). The molecule has 9 nitrogen and oxygen atoms in total. The van der Waals surface area contributed by atoms with Crippen molar-refractivity contribution in [3.8, 4) is 5.75 Å². The number of non-ortho nitro benzene ring substituents is 1. The minimum Gasteiger partial charge on any atom is -0.484 e. The number of hydrogen-bond acceptors (Lipinski definition) is 6. The van der Waals surface area contributed by atoms with Gasteiger partial charge in [0, 0.05) is 12.1 Å². The summed E-state index contributed by atoms with van der Waals surface area (Å²) in [7, 11) is 0. The summed E-state index contributed by atoms with van der Waals surface area (Å²) in [5.41, 5.74) is 1.63. The molecule has 0 bridgehead atoms. The van der Waals surface area contributed by atoms with Crippen LogP contribution in [0.2, 0.25) is 0 Å². The van der Waals surface area contributed by atoms with Gasteiger partial charge >= 0.3 is 5.97 Å². The number of carboxylic acids is 1. The third-order valence-corrected chi connectivity index (χ3v) is 2.08. The van der Waals surface area contributed by atoms with E-state index in [1.807, 2.05) is 5.43 Å². The summed E-state index contributed by atoms with van der Waals surface area (Å²) in [5, 5.41) is 22.2. The predicted molar refractivity (Wildman–Crippen MR) is 67.5 cm³/mol. The highest BCUT2D eigenvalue weighted by molar-refractivity contribution is 6.34. The number of aliphatic carboxylic acids is 1. The second kappa shape index (κ2) is 6.83. The van der Waals surface area contributed by atoms with Crippen molar-refractivity contribution in [1.82, 2.24) is 5.43 Å². The molecule has 0 aliphatic heterocycles. The van der Waals surface area contributed by atoms with E-state index in [1.54, 1.807) is 0 Å². The number of nitrogens with zero attached hydrogens (tertiary/aromatic N) is 2. The topological polar surface area (TPSA) is 131 Å². The molecule has 106 valence electrons. The zero-order valence-electron chi connectivity index (χ0n) is 10.4. The number of nitro benzene ring substituents is 1. The number of hydrazone groups is 1. The van der Waals surface area contributed by atoms with E-state index < -0.39 is 23.4 Å². The van der Waals surface area contributed by atoms with Crippen molar-refractivity contribution >= 4 is 23.3 Å². The summed E-state index contributed by atoms with van der Waals surface area (Å²) in [5.74, 6) is -1.63. The average Bonchev–Trinajstić information content (AvgIpc) is 2.42. The average molecular weight is 281 g/mol. The van der Waals surface area contributed by atoms with Gasteiger partial charge < -0.3 is 9.84 Å². The first-order valence-corrected chi connectivity index (χ1v) is 5.34. The van der Waals surface area contributed by atoms with Crippen LogP contribution in [0.25, 0.3) is 0 Å². The van der Waals surface area contributed by atoms with Crippen molar-refractivity contribution in [1.29, 1.82) is 0 Å². The summed E-state index contributed by atoms with van der Waals surface area (Å²) in [6.07, 6.45) is 0. The maximum absolute atomic E-state index is 11.3. The molecule has 0 radical (unpaired) electrons. The molecule has 0 fully saturated rings. The molecule has 1 amide bonds. The SMILES string of the molecule is CC(=NNC(=O)COc1ccc([N+](=O)[O-])cc1)C(=O)O. The quantitative estimate of drug-likeness (QED) is 0.444. The van der Waals surface area contributed by atoms with Crippen LogP contribution in [-0.4, -0.2) is 34.2 Å². The summed E-state index contributed by atoms with van der Waals surface area (Å²) in [4.78, 5) is 31.5. The Kier molecular flexibility index (Phi) is 5.15.